The molecule has 0 spiro atoms. The highest BCUT2D eigenvalue weighted by molar-refractivity contribution is 7.89. The number of hydrogen-bond donors (Lipinski definition) is 2. The van der Waals surface area contributed by atoms with E-state index in [0.717, 1.165) is 52.0 Å². The molecule has 0 radical (unpaired) electrons. The number of rotatable bonds is 9. The quantitative estimate of drug-likeness (QED) is 0.244. The number of fused-ring (bicyclic) bond motifs is 1. The van der Waals surface area contributed by atoms with Gasteiger partial charge in [0.25, 0.3) is 5.91 Å². The van der Waals surface area contributed by atoms with Crippen molar-refractivity contribution >= 4 is 48.7 Å². The number of primary amides is 1. The fourth-order valence-electron chi connectivity index (χ4n) is 4.73. The van der Waals surface area contributed by atoms with Crippen molar-refractivity contribution in [3.8, 4) is 11.5 Å². The number of anilines is 1. The molecule has 0 saturated carbocycles. The van der Waals surface area contributed by atoms with Gasteiger partial charge >= 0.3 is 12.7 Å². The van der Waals surface area contributed by atoms with Gasteiger partial charge in [-0.1, -0.05) is 23.5 Å². The summed E-state index contributed by atoms with van der Waals surface area (Å²) < 4.78 is 112. The van der Waals surface area contributed by atoms with Gasteiger partial charge in [-0.05, 0) is 48.9 Å². The zero-order valence-electron chi connectivity index (χ0n) is 24.4. The first kappa shape index (κ1) is 34.6. The predicted molar refractivity (Wildman–Crippen MR) is 156 cm³/mol. The zero-order chi connectivity index (χ0) is 35.0. The second-order valence-electron chi connectivity index (χ2n) is 10.1. The summed E-state index contributed by atoms with van der Waals surface area (Å²) in [6.45, 7) is 0.770. The Morgan fingerprint density at radius 1 is 0.938 bits per heavy atom. The van der Waals surface area contributed by atoms with Gasteiger partial charge in [0.05, 0.1) is 4.90 Å². The van der Waals surface area contributed by atoms with Crippen LogP contribution in [-0.4, -0.2) is 77.9 Å². The van der Waals surface area contributed by atoms with Crippen LogP contribution < -0.4 is 25.4 Å². The van der Waals surface area contributed by atoms with Crippen molar-refractivity contribution in [1.29, 1.82) is 0 Å². The molecule has 2 amide bonds. The fraction of sp³-hybridized carbons (Fsp3) is 0.296. The second-order valence-corrected chi connectivity index (χ2v) is 13.0. The number of carbonyl (C=O) groups is 2. The normalized spacial score (nSPS) is 16.1. The monoisotopic (exact) mass is 719 g/mol. The maximum Gasteiger partial charge on any atom is 0.573 e. The summed E-state index contributed by atoms with van der Waals surface area (Å²) in [7, 11) is -4.49. The summed E-state index contributed by atoms with van der Waals surface area (Å²) in [5, 5.41) is 2.85. The molecule has 2 aromatic heterocycles. The van der Waals surface area contributed by atoms with Crippen LogP contribution in [0, 0.1) is 6.92 Å². The summed E-state index contributed by atoms with van der Waals surface area (Å²) in [6.07, 6.45) is -9.91. The van der Waals surface area contributed by atoms with Crippen LogP contribution in [0.25, 0.3) is 10.3 Å². The SMILES string of the molecule is Cc1nc(C(N)=O)c2sc(N3CCN(S(=O)(=O)c4ccc(OC(F)(F)F)cc4)[C@@H](C(=O)NCc4ccc(OC(F)(F)F)cc4)C3)nc2n1. The van der Waals surface area contributed by atoms with E-state index < -0.39 is 57.0 Å². The van der Waals surface area contributed by atoms with Crippen LogP contribution in [0.15, 0.2) is 53.4 Å². The third-order valence-electron chi connectivity index (χ3n) is 6.78. The average molecular weight is 720 g/mol. The number of halogens is 6. The number of piperazine rings is 1. The minimum Gasteiger partial charge on any atom is -0.406 e. The van der Waals surface area contributed by atoms with Crippen molar-refractivity contribution in [3.63, 3.8) is 0 Å². The van der Waals surface area contributed by atoms with Gasteiger partial charge in [-0.25, -0.2) is 18.4 Å². The minimum absolute atomic E-state index is 0.00289. The molecule has 1 fully saturated rings. The standard InChI is InChI=1S/C27H23F6N7O6S2/c1-14-36-20(22(34)41)21-23(37-14)38-25(47-21)39-10-11-40(48(43,44)18-8-6-17(7-9-18)46-27(31,32)33)19(13-39)24(42)35-12-15-2-4-16(5-3-15)45-26(28,29)30/h2-9,19H,10-13H2,1H3,(H2,34,41)(H,35,42)/t19-/m1/s1. The molecule has 3 N–H and O–H groups in total. The number of nitrogens with zero attached hydrogens (tertiary/aromatic N) is 5. The molecule has 1 aliphatic heterocycles. The van der Waals surface area contributed by atoms with E-state index in [2.05, 4.69) is 29.7 Å². The molecule has 5 rings (SSSR count). The first-order valence-corrected chi connectivity index (χ1v) is 15.9. The molecule has 1 saturated heterocycles. The number of thiazole rings is 1. The molecule has 3 heterocycles. The molecular formula is C27H23F6N7O6S2. The number of alkyl halides is 6. The van der Waals surface area contributed by atoms with E-state index in [0.29, 0.717) is 5.56 Å². The summed E-state index contributed by atoms with van der Waals surface area (Å²) in [5.41, 5.74) is 5.92. The van der Waals surface area contributed by atoms with E-state index in [1.165, 1.54) is 19.1 Å². The van der Waals surface area contributed by atoms with Gasteiger partial charge in [0.2, 0.25) is 15.9 Å². The molecular weight excluding hydrogens is 696 g/mol. The number of ether oxygens (including phenoxy) is 2. The van der Waals surface area contributed by atoms with Gasteiger partial charge in [-0.15, -0.1) is 26.3 Å². The Labute approximate surface area is 271 Å². The Morgan fingerprint density at radius 2 is 1.52 bits per heavy atom. The number of carbonyl (C=O) groups excluding carboxylic acids is 2. The Morgan fingerprint density at radius 3 is 2.08 bits per heavy atom. The lowest BCUT2D eigenvalue weighted by Gasteiger charge is -2.39. The lowest BCUT2D eigenvalue weighted by molar-refractivity contribution is -0.275. The Hall–Kier alpha value is -4.76. The lowest BCUT2D eigenvalue weighted by atomic mass is 10.1. The number of nitrogens with one attached hydrogen (secondary N) is 1. The van der Waals surface area contributed by atoms with Crippen LogP contribution in [0.4, 0.5) is 31.5 Å². The number of benzene rings is 2. The molecule has 21 heteroatoms. The number of sulfonamides is 1. The zero-order valence-corrected chi connectivity index (χ0v) is 26.0. The van der Waals surface area contributed by atoms with E-state index in [4.69, 9.17) is 5.73 Å². The maximum absolute atomic E-state index is 13.7. The molecule has 0 aliphatic carbocycles. The van der Waals surface area contributed by atoms with Crippen LogP contribution >= 0.6 is 11.3 Å². The van der Waals surface area contributed by atoms with Gasteiger partial charge < -0.3 is 25.4 Å². The second kappa shape index (κ2) is 13.0. The molecule has 0 bridgehead atoms. The van der Waals surface area contributed by atoms with Crippen LogP contribution in [0.2, 0.25) is 0 Å². The van der Waals surface area contributed by atoms with Crippen LogP contribution in [0.1, 0.15) is 21.9 Å². The van der Waals surface area contributed by atoms with Gasteiger partial charge in [0.15, 0.2) is 16.5 Å². The van der Waals surface area contributed by atoms with Gasteiger partial charge in [0, 0.05) is 26.2 Å². The van der Waals surface area contributed by atoms with Crippen LogP contribution in [0.5, 0.6) is 11.5 Å². The number of aryl methyl sites for hydroxylation is 1. The summed E-state index contributed by atoms with van der Waals surface area (Å²) in [5.74, 6) is -2.54. The minimum atomic E-state index is -5.01. The van der Waals surface area contributed by atoms with E-state index in [1.807, 2.05) is 0 Å². The molecule has 0 unspecified atom stereocenters. The highest BCUT2D eigenvalue weighted by atomic mass is 32.2. The molecule has 2 aromatic carbocycles. The van der Waals surface area contributed by atoms with E-state index >= 15 is 0 Å². The van der Waals surface area contributed by atoms with Crippen molar-refractivity contribution in [1.82, 2.24) is 24.6 Å². The first-order chi connectivity index (χ1) is 22.4. The van der Waals surface area contributed by atoms with Crippen molar-refractivity contribution < 1.29 is 53.8 Å². The summed E-state index contributed by atoms with van der Waals surface area (Å²) >= 11 is 0.999. The van der Waals surface area contributed by atoms with Crippen molar-refractivity contribution in [2.45, 2.75) is 37.1 Å². The van der Waals surface area contributed by atoms with E-state index in [1.54, 1.807) is 4.90 Å². The van der Waals surface area contributed by atoms with Crippen LogP contribution in [-0.2, 0) is 21.4 Å². The van der Waals surface area contributed by atoms with Gasteiger partial charge in [-0.2, -0.15) is 9.29 Å². The van der Waals surface area contributed by atoms with E-state index in [-0.39, 0.29) is 53.2 Å². The number of amides is 2. The Balaban J connectivity index is 1.42. The predicted octanol–water partition coefficient (Wildman–Crippen LogP) is 3.49. The van der Waals surface area contributed by atoms with Crippen molar-refractivity contribution in [3.05, 3.63) is 65.6 Å². The van der Waals surface area contributed by atoms with Crippen molar-refractivity contribution in [2.75, 3.05) is 24.5 Å². The third-order valence-corrected chi connectivity index (χ3v) is 9.81. The number of aromatic nitrogens is 3. The fourth-order valence-corrected chi connectivity index (χ4v) is 7.34. The number of hydrogen-bond acceptors (Lipinski definition) is 11. The molecule has 48 heavy (non-hydrogen) atoms. The average Bonchev–Trinajstić information content (AvgIpc) is 3.42. The highest BCUT2D eigenvalue weighted by Gasteiger charge is 2.41. The molecule has 13 nitrogen and oxygen atoms in total. The summed E-state index contributed by atoms with van der Waals surface area (Å²) in [6, 6.07) is 6.64. The Bertz CT molecular complexity index is 1940. The molecule has 256 valence electrons. The topological polar surface area (TPSA) is 170 Å². The summed E-state index contributed by atoms with van der Waals surface area (Å²) in [4.78, 5) is 39.5. The largest absolute Gasteiger partial charge is 0.573 e. The Kier molecular flexibility index (Phi) is 9.39. The number of nitrogens with two attached hydrogens (primary N) is 1. The first-order valence-electron chi connectivity index (χ1n) is 13.6. The third kappa shape index (κ3) is 8.02. The van der Waals surface area contributed by atoms with E-state index in [9.17, 15) is 44.3 Å². The van der Waals surface area contributed by atoms with Crippen molar-refractivity contribution in [2.24, 2.45) is 5.73 Å². The molecule has 1 aliphatic rings. The molecule has 4 aromatic rings. The highest BCUT2D eigenvalue weighted by Crippen LogP contribution is 2.33. The lowest BCUT2D eigenvalue weighted by Crippen LogP contribution is -2.60. The maximum atomic E-state index is 13.7. The molecule has 1 atom stereocenters. The van der Waals surface area contributed by atoms with Crippen LogP contribution in [0.3, 0.4) is 0 Å². The smallest absolute Gasteiger partial charge is 0.406 e. The van der Waals surface area contributed by atoms with Gasteiger partial charge in [0.1, 0.15) is 28.1 Å². The van der Waals surface area contributed by atoms with Gasteiger partial charge in [-0.3, -0.25) is 9.59 Å².